The van der Waals surface area contributed by atoms with Gasteiger partial charge in [-0.3, -0.25) is 29.2 Å². The van der Waals surface area contributed by atoms with Gasteiger partial charge in [-0.15, -0.1) is 0 Å². The number of carbonyl (C=O) groups excluding carboxylic acids is 4. The number of aryl methyl sites for hydroxylation is 2. The van der Waals surface area contributed by atoms with E-state index in [1.165, 1.54) is 11.1 Å². The van der Waals surface area contributed by atoms with Crippen molar-refractivity contribution in [1.29, 1.82) is 0 Å². The fourth-order valence-corrected chi connectivity index (χ4v) is 20.3. The van der Waals surface area contributed by atoms with E-state index in [2.05, 4.69) is 109 Å². The number of aromatic nitrogens is 2. The third kappa shape index (κ3) is 14.5. The number of ether oxygens (including phenoxy) is 3. The molecule has 10 aromatic carbocycles. The standard InChI is InChI=1S/C32H28N2O3.C31H26N2O3.C26H24N2O3.C24H19ClN2O2/c1-32(2)25-14-8-10-16-27(25)34(17-18-37-21-11-5-4-6-12-21)28(32)19-23-30(35)29(31(23)36)24-20-33(3)26-15-9-7-13-22(24)26;1-31(2)24-13-7-9-15-26(24)33(16-17-36-20-10-4-3-5-11-20)27(31)18-22-29(34)28(30(22)35)23-19-32-25-14-8-6-12-21(23)25;1-26(2)19-12-15(31-5)10-11-21(19)28(4)22(26)13-17-24(29)23(25(17)30)18-14-27(3)20-9-7-6-8-16(18)20;1-24(2)17-10-13(25)8-9-19(17)27(3)20(24)11-15-22(28)21(23(15)29)16-12-26-18-7-5-4-6-14(16)18/h4-16,19-20H,17-18H2,1-3H3;3-15,18-19,34H,16-17H2,1-2H3;6-14H,1-5H3;4-12,28H,1-3H3. The Morgan fingerprint density at radius 2 is 0.910 bits per heavy atom. The summed E-state index contributed by atoms with van der Waals surface area (Å²) in [6, 6.07) is 78.7. The average molecular weight is 1780 g/mol. The van der Waals surface area contributed by atoms with Gasteiger partial charge in [-0.25, -0.2) is 0 Å². The van der Waals surface area contributed by atoms with Crippen LogP contribution in [0.5, 0.6) is 17.2 Å². The van der Waals surface area contributed by atoms with Crippen molar-refractivity contribution in [2.24, 2.45) is 24.1 Å². The molecule has 4 aliphatic carbocycles. The molecule has 0 fully saturated rings. The first-order chi connectivity index (χ1) is 63.9. The third-order valence-corrected chi connectivity index (χ3v) is 27.6. The zero-order valence-corrected chi connectivity index (χ0v) is 76.8. The number of hydrogen-bond acceptors (Lipinski definition) is 15. The van der Waals surface area contributed by atoms with Crippen LogP contribution in [0.4, 0.5) is 34.1 Å². The third-order valence-electron chi connectivity index (χ3n) is 27.4. The molecular formula is C113H97ClN8O11. The topological polar surface area (TPSA) is 230 Å². The summed E-state index contributed by atoms with van der Waals surface area (Å²) >= 11 is 6.21. The molecule has 0 spiro atoms. The zero-order valence-electron chi connectivity index (χ0n) is 76.1. The van der Waals surface area contributed by atoms with Gasteiger partial charge in [0, 0.05) is 197 Å². The van der Waals surface area contributed by atoms with Crippen molar-refractivity contribution < 1.29 is 63.0 Å². The first-order valence-electron chi connectivity index (χ1n) is 44.3. The highest BCUT2D eigenvalue weighted by Gasteiger charge is 2.50. The smallest absolute Gasteiger partial charge is 0.209 e. The Hall–Kier alpha value is -15.5. The number of aliphatic imine (C=N–C) groups is 2. The Labute approximate surface area is 776 Å². The second kappa shape index (κ2) is 33.5. The molecule has 6 aliphatic heterocycles. The van der Waals surface area contributed by atoms with Crippen molar-refractivity contribution >= 4 is 137 Å². The fourth-order valence-electron chi connectivity index (χ4n) is 20.1. The molecule has 0 unspecified atom stereocenters. The molecule has 0 atom stereocenters. The van der Waals surface area contributed by atoms with E-state index in [9.17, 15) is 39.6 Å². The summed E-state index contributed by atoms with van der Waals surface area (Å²) in [6.07, 6.45) is 14.3. The summed E-state index contributed by atoms with van der Waals surface area (Å²) in [7, 11) is 9.44. The van der Waals surface area contributed by atoms with Crippen LogP contribution in [0.25, 0.3) is 44.1 Å². The largest absolute Gasteiger partial charge is 0.871 e. The number of methoxy groups -OCH3 is 1. The zero-order chi connectivity index (χ0) is 93.2. The summed E-state index contributed by atoms with van der Waals surface area (Å²) in [5.74, 6) is 1.39. The van der Waals surface area contributed by atoms with Gasteiger partial charge in [0.25, 0.3) is 0 Å². The van der Waals surface area contributed by atoms with Crippen LogP contribution in [0, 0.1) is 0 Å². The number of aliphatic hydroxyl groups is 2. The minimum absolute atomic E-state index is 0.0258. The van der Waals surface area contributed by atoms with Gasteiger partial charge < -0.3 is 53.6 Å². The number of allylic oxidation sites excluding steroid dienone is 16. The van der Waals surface area contributed by atoms with Gasteiger partial charge in [-0.1, -0.05) is 196 Å². The minimum Gasteiger partial charge on any atom is -0.871 e. The lowest BCUT2D eigenvalue weighted by Crippen LogP contribution is -2.34. The molecule has 10 aliphatic rings. The predicted octanol–water partition coefficient (Wildman–Crippen LogP) is 20.2. The minimum atomic E-state index is -0.369. The lowest BCUT2D eigenvalue weighted by atomic mass is 9.77. The second-order valence-electron chi connectivity index (χ2n) is 36.5. The number of likely N-dealkylation sites (N-methyl/N-ethyl adjacent to an activating group) is 1. The Balaban J connectivity index is 0.000000115. The van der Waals surface area contributed by atoms with Crippen LogP contribution in [0.2, 0.25) is 5.02 Å². The van der Waals surface area contributed by atoms with Gasteiger partial charge >= 0.3 is 0 Å². The number of para-hydroxylation sites is 8. The van der Waals surface area contributed by atoms with Crippen molar-refractivity contribution in [2.75, 3.05) is 57.3 Å². The molecule has 19 nitrogen and oxygen atoms in total. The Morgan fingerprint density at radius 1 is 0.436 bits per heavy atom. The van der Waals surface area contributed by atoms with Gasteiger partial charge in [-0.2, -0.15) is 9.15 Å². The number of nitrogens with zero attached hydrogens (tertiary/aromatic N) is 8. The van der Waals surface area contributed by atoms with E-state index >= 15 is 0 Å². The highest BCUT2D eigenvalue weighted by atomic mass is 35.5. The van der Waals surface area contributed by atoms with E-state index in [1.807, 2.05) is 280 Å². The van der Waals surface area contributed by atoms with Crippen molar-refractivity contribution in [1.82, 2.24) is 9.13 Å². The van der Waals surface area contributed by atoms with Crippen molar-refractivity contribution in [2.45, 2.75) is 77.0 Å². The van der Waals surface area contributed by atoms with Crippen LogP contribution >= 0.6 is 11.6 Å². The number of fused-ring (bicyclic) bond motifs is 8. The van der Waals surface area contributed by atoms with E-state index in [-0.39, 0.29) is 90.1 Å². The van der Waals surface area contributed by atoms with Crippen LogP contribution in [0.3, 0.4) is 0 Å². The first-order valence-corrected chi connectivity index (χ1v) is 44.7. The maximum absolute atomic E-state index is 13.4. The molecule has 0 saturated carbocycles. The van der Waals surface area contributed by atoms with Crippen LogP contribution < -0.4 is 34.2 Å². The number of hydrogen-bond donors (Lipinski definition) is 2. The van der Waals surface area contributed by atoms with Gasteiger partial charge in [0.05, 0.1) is 58.2 Å². The number of benzene rings is 10. The van der Waals surface area contributed by atoms with Crippen molar-refractivity contribution in [3.05, 3.63) is 397 Å². The summed E-state index contributed by atoms with van der Waals surface area (Å²) in [4.78, 5) is 65.8. The number of aliphatic hydroxyl groups excluding tert-OH is 2. The number of halogens is 1. The molecule has 22 rings (SSSR count). The molecule has 2 N–H and O–H groups in total. The van der Waals surface area contributed by atoms with E-state index in [1.54, 1.807) is 31.7 Å². The Morgan fingerprint density at radius 3 is 1.46 bits per heavy atom. The normalized spacial score (nSPS) is 19.8. The number of carbonyl (C=O) groups is 4. The maximum atomic E-state index is 13.4. The Bertz CT molecular complexity index is 7540. The SMILES string of the molecule is CC1(C)C(=CC2=C(O)C(=C3C=Nc4ccccc43)C2=O)N(CCOc2ccccc2)c2ccccc21.CN1C(=CC2=C(O)C(=C3C=Nc4ccccc43)C2=O)C(C)(C)c2cc(Cl)ccc21.COc1ccc2c(c1)C(C)(C)C(C=C1C(=O)C(c3cn(C)c4ccccc34)=C1[O-])=[N+]2C.Cn1cc(C2=C([O-])C(=CC3=[N+](CCOc4ccccc4)c4ccccc4C3(C)C)C2=O)c2ccccc21. The number of anilines is 2. The van der Waals surface area contributed by atoms with E-state index < -0.39 is 0 Å². The summed E-state index contributed by atoms with van der Waals surface area (Å²) in [5.41, 5.74) is 21.7. The molecule has 2 aromatic heterocycles. The van der Waals surface area contributed by atoms with Gasteiger partial charge in [-0.05, 0) is 136 Å². The molecule has 8 heterocycles. The van der Waals surface area contributed by atoms with Crippen LogP contribution in [-0.4, -0.2) is 123 Å². The molecule has 0 saturated heterocycles. The predicted molar refractivity (Wildman–Crippen MR) is 524 cm³/mol. The summed E-state index contributed by atoms with van der Waals surface area (Å²) < 4.78 is 25.5. The maximum Gasteiger partial charge on any atom is 0.209 e. The lowest BCUT2D eigenvalue weighted by Gasteiger charge is -2.30. The second-order valence-corrected chi connectivity index (χ2v) is 36.9. The molecule has 12 aromatic rings. The number of rotatable bonds is 15. The first kappa shape index (κ1) is 86.9. The highest BCUT2D eigenvalue weighted by molar-refractivity contribution is 6.43. The molecule has 0 radical (unpaired) electrons. The Kier molecular flexibility index (Phi) is 21.9. The molecular weight excluding hydrogens is 1680 g/mol. The summed E-state index contributed by atoms with van der Waals surface area (Å²) in [5, 5.41) is 50.8. The number of ketones is 4. The van der Waals surface area contributed by atoms with Crippen LogP contribution in [-0.2, 0) is 54.9 Å². The highest BCUT2D eigenvalue weighted by Crippen LogP contribution is 2.54. The fraction of sp³-hybridized carbons (Fsp3) is 0.186. The molecule has 662 valence electrons. The molecule has 0 bridgehead atoms. The van der Waals surface area contributed by atoms with Crippen molar-refractivity contribution in [3.8, 4) is 17.2 Å². The van der Waals surface area contributed by atoms with E-state index in [0.717, 1.165) is 118 Å². The molecule has 0 amide bonds. The average Bonchev–Trinajstić information content (AvgIpc) is 1.62. The lowest BCUT2D eigenvalue weighted by molar-refractivity contribution is -0.439. The quantitative estimate of drug-likeness (QED) is 0.0719. The number of Topliss-reactive ketones (excluding diaryl/α,β-unsaturated/α-hetero) is 4. The monoisotopic (exact) mass is 1780 g/mol. The van der Waals surface area contributed by atoms with Crippen LogP contribution in [0.1, 0.15) is 99.9 Å². The van der Waals surface area contributed by atoms with E-state index in [4.69, 9.17) is 25.8 Å². The summed E-state index contributed by atoms with van der Waals surface area (Å²) in [6.45, 7) is 19.1. The molecule has 133 heavy (non-hydrogen) atoms. The van der Waals surface area contributed by atoms with E-state index in [0.29, 0.717) is 75.9 Å². The van der Waals surface area contributed by atoms with Gasteiger partial charge in [0.1, 0.15) is 49.0 Å². The van der Waals surface area contributed by atoms with Gasteiger partial charge in [0.2, 0.25) is 22.9 Å². The van der Waals surface area contributed by atoms with Crippen molar-refractivity contribution in [3.63, 3.8) is 0 Å². The van der Waals surface area contributed by atoms with Gasteiger partial charge in [0.15, 0.2) is 29.5 Å². The van der Waals surface area contributed by atoms with Crippen LogP contribution in [0.15, 0.2) is 357 Å². The molecule has 20 heteroatoms.